The second kappa shape index (κ2) is 9.11. The van der Waals surface area contributed by atoms with Gasteiger partial charge >= 0.3 is 0 Å². The Morgan fingerprint density at radius 3 is 2.55 bits per heavy atom. The molecule has 38 heavy (non-hydrogen) atoms. The van der Waals surface area contributed by atoms with Crippen molar-refractivity contribution in [1.82, 2.24) is 29.3 Å². The normalized spacial score (nSPS) is 19.9. The van der Waals surface area contributed by atoms with E-state index >= 15 is 0 Å². The van der Waals surface area contributed by atoms with E-state index in [0.717, 1.165) is 19.3 Å². The molecule has 0 unspecified atom stereocenters. The van der Waals surface area contributed by atoms with Crippen LogP contribution in [0.4, 0.5) is 5.82 Å². The highest BCUT2D eigenvalue weighted by molar-refractivity contribution is 7.90. The zero-order chi connectivity index (χ0) is 27.5. The van der Waals surface area contributed by atoms with Crippen LogP contribution in [0.25, 0.3) is 5.82 Å². The summed E-state index contributed by atoms with van der Waals surface area (Å²) in [6, 6.07) is 5.05. The summed E-state index contributed by atoms with van der Waals surface area (Å²) >= 11 is 0. The Morgan fingerprint density at radius 1 is 1.21 bits per heavy atom. The number of hydrogen-bond acceptors (Lipinski definition) is 8. The van der Waals surface area contributed by atoms with Crippen molar-refractivity contribution in [2.45, 2.75) is 64.3 Å². The molecular weight excluding hydrogens is 506 g/mol. The van der Waals surface area contributed by atoms with Crippen molar-refractivity contribution in [1.29, 1.82) is 0 Å². The first-order valence-corrected chi connectivity index (χ1v) is 14.3. The molecule has 1 N–H and O–H groups in total. The molecule has 0 aromatic carbocycles. The van der Waals surface area contributed by atoms with Gasteiger partial charge < -0.3 is 9.64 Å². The number of ether oxygens (including phenoxy) is 1. The first-order chi connectivity index (χ1) is 17.8. The third-order valence-corrected chi connectivity index (χ3v) is 9.05. The minimum Gasteiger partial charge on any atom is -0.476 e. The van der Waals surface area contributed by atoms with Gasteiger partial charge in [0.15, 0.2) is 5.82 Å². The summed E-state index contributed by atoms with van der Waals surface area (Å²) in [5.41, 5.74) is 0.556. The van der Waals surface area contributed by atoms with Crippen LogP contribution in [0.3, 0.4) is 0 Å². The summed E-state index contributed by atoms with van der Waals surface area (Å²) in [7, 11) is -2.49. The molecular formula is C26H35N7O4S. The van der Waals surface area contributed by atoms with E-state index in [2.05, 4.69) is 47.5 Å². The average molecular weight is 542 g/mol. The molecule has 3 aromatic heterocycles. The number of nitrogens with one attached hydrogen (secondary N) is 1. The van der Waals surface area contributed by atoms with Crippen LogP contribution in [-0.4, -0.2) is 57.6 Å². The van der Waals surface area contributed by atoms with E-state index in [4.69, 9.17) is 9.72 Å². The van der Waals surface area contributed by atoms with Gasteiger partial charge in [0.1, 0.15) is 10.7 Å². The Morgan fingerprint density at radius 2 is 1.95 bits per heavy atom. The van der Waals surface area contributed by atoms with Crippen LogP contribution in [0.15, 0.2) is 35.5 Å². The number of aryl methyl sites for hydroxylation is 1. The van der Waals surface area contributed by atoms with Gasteiger partial charge in [-0.1, -0.05) is 13.8 Å². The van der Waals surface area contributed by atoms with E-state index in [9.17, 15) is 13.2 Å². The minimum absolute atomic E-state index is 0.0428. The number of amides is 1. The number of sulfonamides is 1. The number of anilines is 1. The number of rotatable bonds is 8. The lowest BCUT2D eigenvalue weighted by molar-refractivity contribution is 0.0981. The molecule has 1 saturated carbocycles. The van der Waals surface area contributed by atoms with Crippen LogP contribution in [0.2, 0.25) is 0 Å². The van der Waals surface area contributed by atoms with Crippen molar-refractivity contribution >= 4 is 21.7 Å². The molecule has 12 heteroatoms. The molecule has 2 aliphatic rings. The van der Waals surface area contributed by atoms with Crippen molar-refractivity contribution in [2.24, 2.45) is 18.4 Å². The molecule has 3 aromatic rings. The van der Waals surface area contributed by atoms with E-state index in [1.807, 2.05) is 0 Å². The van der Waals surface area contributed by atoms with Crippen LogP contribution in [0.1, 0.15) is 63.0 Å². The fraction of sp³-hybridized carbons (Fsp3) is 0.538. The molecule has 0 radical (unpaired) electrons. The number of nitrogens with zero attached hydrogens (tertiary/aromatic N) is 6. The van der Waals surface area contributed by atoms with Crippen molar-refractivity contribution in [3.8, 4) is 11.7 Å². The highest BCUT2D eigenvalue weighted by Gasteiger charge is 2.40. The number of carbonyl (C=O) groups is 1. The highest BCUT2D eigenvalue weighted by Crippen LogP contribution is 2.45. The Labute approximate surface area is 223 Å². The highest BCUT2D eigenvalue weighted by atomic mass is 32.2. The zero-order valence-electron chi connectivity index (χ0n) is 22.7. The summed E-state index contributed by atoms with van der Waals surface area (Å²) < 4.78 is 37.2. The molecule has 1 saturated heterocycles. The monoisotopic (exact) mass is 541 g/mol. The maximum Gasteiger partial charge on any atom is 0.268 e. The van der Waals surface area contributed by atoms with Gasteiger partial charge in [0.25, 0.3) is 15.9 Å². The number of hydrogen-bond donors (Lipinski definition) is 1. The van der Waals surface area contributed by atoms with E-state index in [0.29, 0.717) is 42.3 Å². The van der Waals surface area contributed by atoms with Crippen molar-refractivity contribution < 1.29 is 17.9 Å². The van der Waals surface area contributed by atoms with Gasteiger partial charge in [0.05, 0.1) is 24.1 Å². The van der Waals surface area contributed by atoms with Gasteiger partial charge in [-0.3, -0.25) is 9.48 Å². The van der Waals surface area contributed by atoms with Crippen LogP contribution >= 0.6 is 0 Å². The topological polar surface area (TPSA) is 124 Å². The third-order valence-electron chi connectivity index (χ3n) is 7.61. The largest absolute Gasteiger partial charge is 0.476 e. The lowest BCUT2D eigenvalue weighted by atomic mass is 9.97. The van der Waals surface area contributed by atoms with Crippen LogP contribution in [0.5, 0.6) is 5.88 Å². The van der Waals surface area contributed by atoms with E-state index in [-0.39, 0.29) is 21.4 Å². The van der Waals surface area contributed by atoms with Crippen molar-refractivity contribution in [3.05, 3.63) is 41.9 Å². The Bertz CT molecular complexity index is 1490. The standard InChI is InChI=1S/C26H35N7O4S/c1-17-13-25(3,4)32(15-17)23-19(24(34)30-38(35,36)20-14-27-31(6)18(20)2)7-8-21(28-23)33-12-9-22(29-33)37-16-26(5)10-11-26/h7-9,12,14,17H,10-11,13,15-16H2,1-6H3,(H,30,34)/t17-/m0/s1. The van der Waals surface area contributed by atoms with E-state index in [1.165, 1.54) is 10.9 Å². The molecule has 1 aliphatic heterocycles. The second-order valence-corrected chi connectivity index (χ2v) is 13.3. The summed E-state index contributed by atoms with van der Waals surface area (Å²) in [5.74, 6) is 1.05. The first-order valence-electron chi connectivity index (χ1n) is 12.8. The quantitative estimate of drug-likeness (QED) is 0.461. The smallest absolute Gasteiger partial charge is 0.268 e. The van der Waals surface area contributed by atoms with E-state index < -0.39 is 15.9 Å². The summed E-state index contributed by atoms with van der Waals surface area (Å²) in [6.45, 7) is 11.5. The number of aromatic nitrogens is 5. The summed E-state index contributed by atoms with van der Waals surface area (Å²) in [4.78, 5) is 20.3. The van der Waals surface area contributed by atoms with Crippen LogP contribution in [-0.2, 0) is 17.1 Å². The second-order valence-electron chi connectivity index (χ2n) is 11.6. The fourth-order valence-corrected chi connectivity index (χ4v) is 6.17. The molecule has 0 bridgehead atoms. The Kier molecular flexibility index (Phi) is 6.28. The summed E-state index contributed by atoms with van der Waals surface area (Å²) in [5, 5.41) is 8.52. The van der Waals surface area contributed by atoms with Crippen molar-refractivity contribution in [3.63, 3.8) is 0 Å². The molecule has 2 fully saturated rings. The van der Waals surface area contributed by atoms with Crippen LogP contribution < -0.4 is 14.4 Å². The van der Waals surface area contributed by atoms with Crippen molar-refractivity contribution in [2.75, 3.05) is 18.1 Å². The van der Waals surface area contributed by atoms with Gasteiger partial charge in [0.2, 0.25) is 5.88 Å². The molecule has 0 spiro atoms. The lowest BCUT2D eigenvalue weighted by Gasteiger charge is -2.34. The summed E-state index contributed by atoms with van der Waals surface area (Å²) in [6.07, 6.45) is 6.22. The molecule has 1 atom stereocenters. The molecule has 11 nitrogen and oxygen atoms in total. The van der Waals surface area contributed by atoms with Gasteiger partial charge in [-0.15, -0.1) is 5.10 Å². The average Bonchev–Trinajstić information content (AvgIpc) is 3.14. The first kappa shape index (κ1) is 26.2. The Balaban J connectivity index is 1.48. The SMILES string of the molecule is Cc1c(S(=O)(=O)NC(=O)c2ccc(-n3ccc(OCC4(C)CC4)n3)nc2N2C[C@@H](C)CC2(C)C)cnn1C. The number of carbonyl (C=O) groups excluding carboxylic acids is 1. The maximum atomic E-state index is 13.4. The maximum absolute atomic E-state index is 13.4. The third kappa shape index (κ3) is 5.01. The lowest BCUT2D eigenvalue weighted by Crippen LogP contribution is -2.41. The van der Waals surface area contributed by atoms with Crippen LogP contribution in [0, 0.1) is 18.3 Å². The fourth-order valence-electron chi connectivity index (χ4n) is 5.00. The van der Waals surface area contributed by atoms with Gasteiger partial charge in [-0.2, -0.15) is 5.10 Å². The zero-order valence-corrected chi connectivity index (χ0v) is 23.5. The van der Waals surface area contributed by atoms with E-state index in [1.54, 1.807) is 43.0 Å². The predicted molar refractivity (Wildman–Crippen MR) is 142 cm³/mol. The van der Waals surface area contributed by atoms with Gasteiger partial charge in [-0.25, -0.2) is 22.8 Å². The Hall–Kier alpha value is -3.41. The molecule has 5 rings (SSSR count). The van der Waals surface area contributed by atoms with Gasteiger partial charge in [0, 0.05) is 36.8 Å². The molecule has 4 heterocycles. The minimum atomic E-state index is -4.13. The molecule has 204 valence electrons. The molecule has 1 aliphatic carbocycles. The van der Waals surface area contributed by atoms with Gasteiger partial charge in [-0.05, 0) is 58.1 Å². The molecule has 1 amide bonds. The number of pyridine rings is 1. The predicted octanol–water partition coefficient (Wildman–Crippen LogP) is 3.23.